The molecule has 0 bridgehead atoms. The van der Waals surface area contributed by atoms with Crippen LogP contribution in [0.4, 0.5) is 0 Å². The molecule has 4 aliphatic rings. The van der Waals surface area contributed by atoms with Crippen molar-refractivity contribution in [3.63, 3.8) is 0 Å². The molecule has 0 saturated carbocycles. The van der Waals surface area contributed by atoms with Crippen LogP contribution in [0.5, 0.6) is 0 Å². The van der Waals surface area contributed by atoms with E-state index in [0.29, 0.717) is 51.4 Å². The molecule has 0 aliphatic carbocycles. The fourth-order valence-corrected chi connectivity index (χ4v) is 10.1. The quantitative estimate of drug-likeness (QED) is 0.219. The van der Waals surface area contributed by atoms with Gasteiger partial charge in [0, 0.05) is 43.2 Å². The van der Waals surface area contributed by atoms with Crippen LogP contribution in [0.25, 0.3) is 10.9 Å². The van der Waals surface area contributed by atoms with Gasteiger partial charge in [0.2, 0.25) is 47.3 Å². The molecule has 4 aliphatic heterocycles. The number of hydrogen-bond acceptors (Lipinski definition) is 8. The Hall–Kier alpha value is -5.48. The lowest BCUT2D eigenvalue weighted by molar-refractivity contribution is -0.146. The predicted molar refractivity (Wildman–Crippen MR) is 249 cm³/mol. The van der Waals surface area contributed by atoms with Crippen molar-refractivity contribution in [2.24, 2.45) is 23.7 Å². The molecule has 0 radical (unpaired) electrons. The number of nitrogens with zero attached hydrogens (tertiary/aromatic N) is 3. The molecule has 0 unspecified atom stereocenters. The minimum atomic E-state index is -1.15. The molecule has 8 amide bonds. The summed E-state index contributed by atoms with van der Waals surface area (Å²) in [5, 5.41) is 15.7. The second kappa shape index (κ2) is 21.9. The largest absolute Gasteiger partial charge is 0.361 e. The molecular formula is C49H73N9O8. The van der Waals surface area contributed by atoms with Gasteiger partial charge in [-0.1, -0.05) is 86.4 Å². The second-order valence-electron chi connectivity index (χ2n) is 19.9. The van der Waals surface area contributed by atoms with Gasteiger partial charge in [0.25, 0.3) is 0 Å². The van der Waals surface area contributed by atoms with Gasteiger partial charge in [0.15, 0.2) is 0 Å². The Kier molecular flexibility index (Phi) is 16.6. The van der Waals surface area contributed by atoms with Crippen LogP contribution in [0.15, 0.2) is 30.5 Å². The standard InChI is InChI=1S/C49H73N9O8/c1-9-29(7)40-48(65)57-22-14-18-36(57)43(60)51-34(24-27(3)4)42(59)52-35(25-31-26-50-33-17-12-11-16-32(31)33)47(64)56-21-13-19-37(56)44(61)53-39(28(5)6)46(63)55-41(30(8)10-2)49(66)58-23-15-20-38(58)45(62)54-40/h11-12,16-17,26-30,34-41,50H,9-10,13-15,18-25H2,1-8H3,(H,51,60)(H,52,59)(H,53,61)(H,54,62)(H,55,63)/t29-,30-,34-,35-,36-,37-,38-,39-,40-,41-/m0/s1. The van der Waals surface area contributed by atoms with E-state index in [9.17, 15) is 38.4 Å². The van der Waals surface area contributed by atoms with E-state index in [2.05, 4.69) is 31.6 Å². The van der Waals surface area contributed by atoms with Gasteiger partial charge >= 0.3 is 0 Å². The van der Waals surface area contributed by atoms with Gasteiger partial charge in [0.1, 0.15) is 48.3 Å². The number of benzene rings is 1. The number of aromatic nitrogens is 1. The molecule has 362 valence electrons. The van der Waals surface area contributed by atoms with Crippen LogP contribution in [0.3, 0.4) is 0 Å². The van der Waals surface area contributed by atoms with E-state index < -0.39 is 102 Å². The first-order valence-electron chi connectivity index (χ1n) is 24.4. The molecule has 10 atom stereocenters. The summed E-state index contributed by atoms with van der Waals surface area (Å²) in [7, 11) is 0. The Morgan fingerprint density at radius 3 is 1.50 bits per heavy atom. The molecule has 1 aromatic carbocycles. The molecule has 4 saturated heterocycles. The third kappa shape index (κ3) is 11.0. The molecule has 17 heteroatoms. The molecule has 6 rings (SSSR count). The molecule has 0 spiro atoms. The van der Waals surface area contributed by atoms with Crippen LogP contribution >= 0.6 is 0 Å². The topological polar surface area (TPSA) is 222 Å². The van der Waals surface area contributed by atoms with Crippen molar-refractivity contribution in [1.29, 1.82) is 0 Å². The third-order valence-corrected chi connectivity index (χ3v) is 14.4. The SMILES string of the molecule is CC[C@H](C)[C@@H]1NC(=O)[C@H](C(C)C)NC(=O)[C@@H]2CCCN2C(=O)[C@H](Cc2c[nH]c3ccccc23)NC(=O)[C@H](CC(C)C)NC(=O)[C@@H]2CCCN2C(=O)[C@H]([C@@H](C)CC)NC(=O)[C@@H]2CCCN2C1=O. The number of hydrogen-bond donors (Lipinski definition) is 6. The van der Waals surface area contributed by atoms with E-state index in [1.165, 1.54) is 14.7 Å². The molecule has 66 heavy (non-hydrogen) atoms. The molecular weight excluding hydrogens is 843 g/mol. The Morgan fingerprint density at radius 1 is 0.545 bits per heavy atom. The van der Waals surface area contributed by atoms with E-state index in [4.69, 9.17) is 0 Å². The normalized spacial score (nSPS) is 28.9. The summed E-state index contributed by atoms with van der Waals surface area (Å²) in [5.74, 6) is -5.11. The summed E-state index contributed by atoms with van der Waals surface area (Å²) in [4.78, 5) is 124. The smallest absolute Gasteiger partial charge is 0.246 e. The number of para-hydroxylation sites is 1. The van der Waals surface area contributed by atoms with Gasteiger partial charge in [-0.2, -0.15) is 0 Å². The zero-order chi connectivity index (χ0) is 48.0. The number of rotatable bonds is 9. The number of carbonyl (C=O) groups excluding carboxylic acids is 8. The summed E-state index contributed by atoms with van der Waals surface area (Å²) in [6.45, 7) is 15.7. The van der Waals surface area contributed by atoms with Gasteiger partial charge in [-0.05, 0) is 80.2 Å². The molecule has 5 heterocycles. The highest BCUT2D eigenvalue weighted by Crippen LogP contribution is 2.27. The first-order chi connectivity index (χ1) is 31.4. The lowest BCUT2D eigenvalue weighted by Crippen LogP contribution is -2.62. The van der Waals surface area contributed by atoms with E-state index in [1.54, 1.807) is 20.0 Å². The number of fused-ring (bicyclic) bond motifs is 4. The van der Waals surface area contributed by atoms with E-state index in [1.807, 2.05) is 65.8 Å². The maximum absolute atomic E-state index is 14.9. The fraction of sp³-hybridized carbons (Fsp3) is 0.673. The summed E-state index contributed by atoms with van der Waals surface area (Å²) in [6.07, 6.45) is 5.79. The van der Waals surface area contributed by atoms with Crippen molar-refractivity contribution in [3.05, 3.63) is 36.0 Å². The fourth-order valence-electron chi connectivity index (χ4n) is 10.1. The zero-order valence-electron chi connectivity index (χ0n) is 40.1. The maximum atomic E-state index is 14.9. The highest BCUT2D eigenvalue weighted by molar-refractivity contribution is 6.00. The Bertz CT molecular complexity index is 2120. The molecule has 6 N–H and O–H groups in total. The number of carbonyl (C=O) groups is 8. The van der Waals surface area contributed by atoms with Crippen molar-refractivity contribution in [2.45, 2.75) is 168 Å². The monoisotopic (exact) mass is 916 g/mol. The summed E-state index contributed by atoms with van der Waals surface area (Å²) in [6, 6.07) is -0.460. The predicted octanol–water partition coefficient (Wildman–Crippen LogP) is 2.92. The summed E-state index contributed by atoms with van der Waals surface area (Å²) in [5.41, 5.74) is 1.62. The van der Waals surface area contributed by atoms with E-state index in [-0.39, 0.29) is 50.2 Å². The minimum absolute atomic E-state index is 0.0535. The average Bonchev–Trinajstić information content (AvgIpc) is 4.14. The molecule has 4 fully saturated rings. The van der Waals surface area contributed by atoms with Gasteiger partial charge < -0.3 is 46.3 Å². The van der Waals surface area contributed by atoms with E-state index in [0.717, 1.165) is 16.5 Å². The first kappa shape index (κ1) is 49.9. The van der Waals surface area contributed by atoms with Gasteiger partial charge in [-0.25, -0.2) is 0 Å². The van der Waals surface area contributed by atoms with Crippen molar-refractivity contribution < 1.29 is 38.4 Å². The third-order valence-electron chi connectivity index (χ3n) is 14.4. The summed E-state index contributed by atoms with van der Waals surface area (Å²) >= 11 is 0. The second-order valence-corrected chi connectivity index (χ2v) is 19.9. The zero-order valence-corrected chi connectivity index (χ0v) is 40.1. The average molecular weight is 916 g/mol. The van der Waals surface area contributed by atoms with Crippen LogP contribution in [0.1, 0.15) is 119 Å². The van der Waals surface area contributed by atoms with Crippen molar-refractivity contribution in [3.8, 4) is 0 Å². The summed E-state index contributed by atoms with van der Waals surface area (Å²) < 4.78 is 0. The van der Waals surface area contributed by atoms with Crippen LogP contribution in [-0.4, -0.2) is 135 Å². The highest BCUT2D eigenvalue weighted by atomic mass is 16.2. The van der Waals surface area contributed by atoms with Crippen molar-refractivity contribution in [2.75, 3.05) is 19.6 Å². The number of amides is 8. The molecule has 2 aromatic rings. The number of aromatic amines is 1. The van der Waals surface area contributed by atoms with Crippen LogP contribution in [-0.2, 0) is 44.8 Å². The number of nitrogens with one attached hydrogen (secondary N) is 6. The van der Waals surface area contributed by atoms with Gasteiger partial charge in [0.05, 0.1) is 0 Å². The minimum Gasteiger partial charge on any atom is -0.361 e. The van der Waals surface area contributed by atoms with Gasteiger partial charge in [-0.3, -0.25) is 38.4 Å². The Morgan fingerprint density at radius 2 is 1.00 bits per heavy atom. The van der Waals surface area contributed by atoms with E-state index >= 15 is 0 Å². The molecule has 1 aromatic heterocycles. The maximum Gasteiger partial charge on any atom is 0.246 e. The van der Waals surface area contributed by atoms with Gasteiger partial charge in [-0.15, -0.1) is 0 Å². The lowest BCUT2D eigenvalue weighted by Gasteiger charge is -2.35. The highest BCUT2D eigenvalue weighted by Gasteiger charge is 2.45. The van der Waals surface area contributed by atoms with Crippen molar-refractivity contribution >= 4 is 58.2 Å². The lowest BCUT2D eigenvalue weighted by atomic mass is 9.95. The van der Waals surface area contributed by atoms with Crippen molar-refractivity contribution in [1.82, 2.24) is 46.3 Å². The van der Waals surface area contributed by atoms with Crippen LogP contribution in [0, 0.1) is 23.7 Å². The Balaban J connectivity index is 1.40. The number of H-pyrrole nitrogens is 1. The van der Waals surface area contributed by atoms with Crippen LogP contribution < -0.4 is 26.6 Å². The molecule has 17 nitrogen and oxygen atoms in total. The van der Waals surface area contributed by atoms with Crippen LogP contribution in [0.2, 0.25) is 0 Å². The Labute approximate surface area is 389 Å². The first-order valence-corrected chi connectivity index (χ1v) is 24.4.